The highest BCUT2D eigenvalue weighted by atomic mass is 35.5. The molecule has 2 aromatic heterocycles. The average molecular weight is 380 g/mol. The van der Waals surface area contributed by atoms with Gasteiger partial charge in [-0.3, -0.25) is 9.97 Å². The molecule has 0 saturated heterocycles. The second kappa shape index (κ2) is 9.14. The van der Waals surface area contributed by atoms with Gasteiger partial charge in [-0.2, -0.15) is 0 Å². The minimum absolute atomic E-state index is 0.0831. The van der Waals surface area contributed by atoms with Crippen molar-refractivity contribution in [2.45, 2.75) is 45.6 Å². The van der Waals surface area contributed by atoms with E-state index in [1.54, 1.807) is 17.2 Å². The van der Waals surface area contributed by atoms with Crippen LogP contribution in [0, 0.1) is 0 Å². The summed E-state index contributed by atoms with van der Waals surface area (Å²) >= 11 is 6.10. The van der Waals surface area contributed by atoms with Crippen molar-refractivity contribution < 1.29 is 14.6 Å². The number of aromatic nitrogens is 2. The number of amides is 1. The molecule has 0 aromatic carbocycles. The first-order valence-corrected chi connectivity index (χ1v) is 9.16. The number of aliphatic hydroxyl groups excluding tert-OH is 1. The van der Waals surface area contributed by atoms with E-state index in [2.05, 4.69) is 9.97 Å². The van der Waals surface area contributed by atoms with E-state index in [4.69, 9.17) is 21.4 Å². The minimum Gasteiger partial charge on any atom is -0.444 e. The molecule has 6 nitrogen and oxygen atoms in total. The van der Waals surface area contributed by atoms with Crippen molar-refractivity contribution in [2.24, 2.45) is 0 Å². The van der Waals surface area contributed by atoms with Gasteiger partial charge < -0.3 is 14.7 Å². The van der Waals surface area contributed by atoms with Gasteiger partial charge in [0.25, 0.3) is 0 Å². The number of rotatable bonds is 7. The second-order valence-electron chi connectivity index (χ2n) is 7.15. The molecule has 0 radical (unpaired) electrons. The number of carbonyl (C=O) groups excluding carboxylic acids is 1. The maximum absolute atomic E-state index is 12.2. The van der Waals surface area contributed by atoms with Gasteiger partial charge in [0.2, 0.25) is 0 Å². The third kappa shape index (κ3) is 6.11. The molecular formula is C19H26ClN3O3. The number of halogens is 1. The summed E-state index contributed by atoms with van der Waals surface area (Å²) < 4.78 is 5.37. The molecule has 0 aliphatic rings. The highest BCUT2D eigenvalue weighted by Crippen LogP contribution is 2.20. The number of unbranched alkanes of at least 4 members (excludes halogenated alkanes) is 1. The maximum atomic E-state index is 12.2. The molecule has 0 unspecified atom stereocenters. The summed E-state index contributed by atoms with van der Waals surface area (Å²) in [6.45, 7) is 6.22. The average Bonchev–Trinajstić information content (AvgIpc) is 2.56. The fraction of sp³-hybridized carbons (Fsp3) is 0.526. The second-order valence-corrected chi connectivity index (χ2v) is 7.56. The number of aryl methyl sites for hydroxylation is 1. The van der Waals surface area contributed by atoms with Crippen LogP contribution in [0.25, 0.3) is 11.0 Å². The molecule has 7 heteroatoms. The van der Waals surface area contributed by atoms with Crippen LogP contribution < -0.4 is 0 Å². The van der Waals surface area contributed by atoms with Crippen LogP contribution in [0.2, 0.25) is 5.02 Å². The molecule has 1 amide bonds. The van der Waals surface area contributed by atoms with E-state index < -0.39 is 11.7 Å². The lowest BCUT2D eigenvalue weighted by Gasteiger charge is -2.27. The third-order valence-electron chi connectivity index (χ3n) is 3.75. The number of ether oxygens (including phenoxy) is 1. The fourth-order valence-electron chi connectivity index (χ4n) is 2.55. The summed E-state index contributed by atoms with van der Waals surface area (Å²) in [5.74, 6) is 0. The Kier molecular flexibility index (Phi) is 7.17. The smallest absolute Gasteiger partial charge is 0.410 e. The monoisotopic (exact) mass is 379 g/mol. The Bertz CT molecular complexity index is 746. The predicted molar refractivity (Wildman–Crippen MR) is 102 cm³/mol. The third-order valence-corrected chi connectivity index (χ3v) is 4.06. The number of nitrogens with zero attached hydrogens (tertiary/aromatic N) is 3. The normalized spacial score (nSPS) is 11.6. The Morgan fingerprint density at radius 1 is 1.27 bits per heavy atom. The standard InChI is InChI=1S/C19H26ClN3O3/c1-19(2,3)26-18(25)23(10-11-24)9-5-4-6-14-12-16-17(22-13-14)15(20)7-8-21-16/h7-8,12-13,24H,4-6,9-11H2,1-3H3. The van der Waals surface area contributed by atoms with Crippen molar-refractivity contribution in [3.63, 3.8) is 0 Å². The summed E-state index contributed by atoms with van der Waals surface area (Å²) in [7, 11) is 0. The van der Waals surface area contributed by atoms with Crippen molar-refractivity contribution in [3.05, 3.63) is 35.1 Å². The van der Waals surface area contributed by atoms with Crippen LogP contribution in [0.3, 0.4) is 0 Å². The first-order valence-electron chi connectivity index (χ1n) is 8.78. The Morgan fingerprint density at radius 3 is 2.73 bits per heavy atom. The van der Waals surface area contributed by atoms with Crippen LogP contribution in [0.4, 0.5) is 4.79 Å². The topological polar surface area (TPSA) is 75.5 Å². The molecule has 0 aliphatic carbocycles. The molecule has 1 N–H and O–H groups in total. The van der Waals surface area contributed by atoms with Crippen LogP contribution in [-0.4, -0.2) is 51.4 Å². The van der Waals surface area contributed by atoms with Crippen molar-refractivity contribution in [3.8, 4) is 0 Å². The van der Waals surface area contributed by atoms with E-state index in [-0.39, 0.29) is 13.2 Å². The summed E-state index contributed by atoms with van der Waals surface area (Å²) in [6.07, 6.45) is 5.62. The molecule has 0 fully saturated rings. The van der Waals surface area contributed by atoms with E-state index in [0.29, 0.717) is 17.1 Å². The Morgan fingerprint density at radius 2 is 2.04 bits per heavy atom. The van der Waals surface area contributed by atoms with Crippen LogP contribution in [0.5, 0.6) is 0 Å². The summed E-state index contributed by atoms with van der Waals surface area (Å²) in [4.78, 5) is 22.4. The lowest BCUT2D eigenvalue weighted by molar-refractivity contribution is 0.0216. The van der Waals surface area contributed by atoms with Crippen molar-refractivity contribution >= 4 is 28.7 Å². The van der Waals surface area contributed by atoms with E-state index in [1.807, 2.05) is 33.0 Å². The number of carbonyl (C=O) groups is 1. The lowest BCUT2D eigenvalue weighted by Crippen LogP contribution is -2.39. The number of pyridine rings is 2. The molecular weight excluding hydrogens is 354 g/mol. The molecule has 0 saturated carbocycles. The van der Waals surface area contributed by atoms with Crippen molar-refractivity contribution in [2.75, 3.05) is 19.7 Å². The van der Waals surface area contributed by atoms with Crippen LogP contribution in [0.1, 0.15) is 39.2 Å². The van der Waals surface area contributed by atoms with Gasteiger partial charge in [0.15, 0.2) is 0 Å². The number of hydrogen-bond donors (Lipinski definition) is 1. The zero-order valence-electron chi connectivity index (χ0n) is 15.5. The van der Waals surface area contributed by atoms with E-state index in [0.717, 1.165) is 30.3 Å². The van der Waals surface area contributed by atoms with E-state index in [1.165, 1.54) is 0 Å². The van der Waals surface area contributed by atoms with Crippen molar-refractivity contribution in [1.82, 2.24) is 14.9 Å². The number of aliphatic hydroxyl groups is 1. The van der Waals surface area contributed by atoms with Crippen molar-refractivity contribution in [1.29, 1.82) is 0 Å². The minimum atomic E-state index is -0.546. The van der Waals surface area contributed by atoms with Gasteiger partial charge in [-0.15, -0.1) is 0 Å². The summed E-state index contributed by atoms with van der Waals surface area (Å²) in [6, 6.07) is 3.72. The fourth-order valence-corrected chi connectivity index (χ4v) is 2.75. The van der Waals surface area contributed by atoms with Gasteiger partial charge in [-0.05, 0) is 57.7 Å². The van der Waals surface area contributed by atoms with Gasteiger partial charge in [-0.25, -0.2) is 4.79 Å². The molecule has 0 spiro atoms. The Hall–Kier alpha value is -1.92. The zero-order valence-corrected chi connectivity index (χ0v) is 16.3. The quantitative estimate of drug-likeness (QED) is 0.740. The highest BCUT2D eigenvalue weighted by Gasteiger charge is 2.21. The predicted octanol–water partition coefficient (Wildman–Crippen LogP) is 3.84. The Labute approximate surface area is 159 Å². The van der Waals surface area contributed by atoms with Gasteiger partial charge in [0, 0.05) is 25.5 Å². The molecule has 142 valence electrons. The molecule has 2 aromatic rings. The lowest BCUT2D eigenvalue weighted by atomic mass is 10.1. The maximum Gasteiger partial charge on any atom is 0.410 e. The van der Waals surface area contributed by atoms with E-state index >= 15 is 0 Å². The largest absolute Gasteiger partial charge is 0.444 e. The summed E-state index contributed by atoms with van der Waals surface area (Å²) in [5, 5.41) is 9.76. The first-order chi connectivity index (χ1) is 12.3. The first kappa shape index (κ1) is 20.4. The highest BCUT2D eigenvalue weighted by molar-refractivity contribution is 6.34. The van der Waals surface area contributed by atoms with Gasteiger partial charge in [0.05, 0.1) is 17.1 Å². The van der Waals surface area contributed by atoms with Crippen LogP contribution in [-0.2, 0) is 11.2 Å². The number of fused-ring (bicyclic) bond motifs is 1. The van der Waals surface area contributed by atoms with E-state index in [9.17, 15) is 4.79 Å². The van der Waals surface area contributed by atoms with Gasteiger partial charge >= 0.3 is 6.09 Å². The molecule has 2 rings (SSSR count). The Balaban J connectivity index is 1.87. The molecule has 0 aliphatic heterocycles. The molecule has 0 atom stereocenters. The zero-order chi connectivity index (χ0) is 19.2. The SMILES string of the molecule is CC(C)(C)OC(=O)N(CCO)CCCCc1cnc2c(Cl)ccnc2c1. The summed E-state index contributed by atoms with van der Waals surface area (Å²) in [5.41, 5.74) is 2.02. The van der Waals surface area contributed by atoms with Gasteiger partial charge in [0.1, 0.15) is 11.1 Å². The molecule has 26 heavy (non-hydrogen) atoms. The van der Waals surface area contributed by atoms with Gasteiger partial charge in [-0.1, -0.05) is 11.6 Å². The van der Waals surface area contributed by atoms with Crippen LogP contribution in [0.15, 0.2) is 24.5 Å². The molecule has 0 bridgehead atoms. The van der Waals surface area contributed by atoms with Crippen LogP contribution >= 0.6 is 11.6 Å². The number of hydrogen-bond acceptors (Lipinski definition) is 5. The molecule has 2 heterocycles.